The lowest BCUT2D eigenvalue weighted by atomic mass is 10.1. The molecule has 0 radical (unpaired) electrons. The molecule has 0 aliphatic carbocycles. The summed E-state index contributed by atoms with van der Waals surface area (Å²) >= 11 is 0. The number of nitrogens with zero attached hydrogens (tertiary/aromatic N) is 1. The van der Waals surface area contributed by atoms with E-state index in [2.05, 4.69) is 13.8 Å². The highest BCUT2D eigenvalue weighted by Gasteiger charge is 2.17. The Labute approximate surface area is 136 Å². The van der Waals surface area contributed by atoms with Crippen molar-refractivity contribution in [3.05, 3.63) is 24.2 Å². The van der Waals surface area contributed by atoms with Gasteiger partial charge >= 0.3 is 0 Å². The van der Waals surface area contributed by atoms with Gasteiger partial charge in [0.25, 0.3) is 5.91 Å². The minimum absolute atomic E-state index is 0.0518. The average Bonchev–Trinajstić information content (AvgIpc) is 3.06. The van der Waals surface area contributed by atoms with Crippen molar-refractivity contribution in [3.8, 4) is 0 Å². The van der Waals surface area contributed by atoms with Gasteiger partial charge in [-0.3, -0.25) is 4.79 Å². The molecule has 0 bridgehead atoms. The third-order valence-corrected chi connectivity index (χ3v) is 4.08. The fourth-order valence-corrected chi connectivity index (χ4v) is 2.68. The van der Waals surface area contributed by atoms with Crippen LogP contribution in [0.5, 0.6) is 0 Å². The van der Waals surface area contributed by atoms with Crippen molar-refractivity contribution >= 4 is 5.91 Å². The largest absolute Gasteiger partial charge is 0.459 e. The summed E-state index contributed by atoms with van der Waals surface area (Å²) in [5.74, 6) is 0.526. The molecule has 1 heterocycles. The number of furan rings is 1. The fourth-order valence-electron chi connectivity index (χ4n) is 2.68. The van der Waals surface area contributed by atoms with Crippen molar-refractivity contribution < 1.29 is 9.21 Å². The van der Waals surface area contributed by atoms with Gasteiger partial charge in [0.15, 0.2) is 5.76 Å². The van der Waals surface area contributed by atoms with Crippen molar-refractivity contribution in [1.29, 1.82) is 0 Å². The minimum atomic E-state index is 0.0518. The van der Waals surface area contributed by atoms with Gasteiger partial charge in [-0.2, -0.15) is 0 Å². The van der Waals surface area contributed by atoms with Crippen LogP contribution in [0.2, 0.25) is 0 Å². The first kappa shape index (κ1) is 18.8. The molecule has 0 aromatic carbocycles. The molecule has 22 heavy (non-hydrogen) atoms. The normalized spacial score (nSPS) is 10.8. The standard InChI is InChI=1S/C19H33NO2/c1-3-5-7-9-11-15-20(16-12-10-8-6-4-2)19(21)18-14-13-17-22-18/h13-14,17H,3-12,15-16H2,1-2H3. The van der Waals surface area contributed by atoms with Crippen LogP contribution in [0.1, 0.15) is 88.6 Å². The number of unbranched alkanes of at least 4 members (excludes halogenated alkanes) is 8. The number of amides is 1. The van der Waals surface area contributed by atoms with Crippen LogP contribution in [0.25, 0.3) is 0 Å². The lowest BCUT2D eigenvalue weighted by Crippen LogP contribution is -2.32. The monoisotopic (exact) mass is 307 g/mol. The molecule has 3 nitrogen and oxygen atoms in total. The zero-order chi connectivity index (χ0) is 16.0. The molecule has 0 unspecified atom stereocenters. The summed E-state index contributed by atoms with van der Waals surface area (Å²) in [5.41, 5.74) is 0. The molecule has 1 aromatic heterocycles. The number of rotatable bonds is 13. The summed E-state index contributed by atoms with van der Waals surface area (Å²) in [4.78, 5) is 14.5. The highest BCUT2D eigenvalue weighted by molar-refractivity contribution is 5.91. The summed E-state index contributed by atoms with van der Waals surface area (Å²) in [6.45, 7) is 6.17. The molecule has 0 N–H and O–H groups in total. The predicted molar refractivity (Wildman–Crippen MR) is 92.1 cm³/mol. The van der Waals surface area contributed by atoms with Gasteiger partial charge in [-0.1, -0.05) is 65.2 Å². The zero-order valence-electron chi connectivity index (χ0n) is 14.5. The topological polar surface area (TPSA) is 33.5 Å². The van der Waals surface area contributed by atoms with Crippen molar-refractivity contribution in [3.63, 3.8) is 0 Å². The molecule has 1 aromatic rings. The first-order chi connectivity index (χ1) is 10.8. The van der Waals surface area contributed by atoms with E-state index in [9.17, 15) is 4.79 Å². The van der Waals surface area contributed by atoms with Crippen LogP contribution in [0.15, 0.2) is 22.8 Å². The van der Waals surface area contributed by atoms with E-state index < -0.39 is 0 Å². The number of carbonyl (C=O) groups excluding carboxylic acids is 1. The van der Waals surface area contributed by atoms with E-state index in [1.807, 2.05) is 4.90 Å². The van der Waals surface area contributed by atoms with Gasteiger partial charge in [0, 0.05) is 13.1 Å². The molecule has 0 spiro atoms. The summed E-state index contributed by atoms with van der Waals surface area (Å²) in [7, 11) is 0. The number of hydrogen-bond acceptors (Lipinski definition) is 2. The quantitative estimate of drug-likeness (QED) is 0.440. The molecule has 0 fully saturated rings. The second-order valence-electron chi connectivity index (χ2n) is 6.10. The van der Waals surface area contributed by atoms with Crippen LogP contribution in [0, 0.1) is 0 Å². The van der Waals surface area contributed by atoms with Gasteiger partial charge < -0.3 is 9.32 Å². The maximum absolute atomic E-state index is 12.5. The summed E-state index contributed by atoms with van der Waals surface area (Å²) < 4.78 is 5.27. The summed E-state index contributed by atoms with van der Waals surface area (Å²) in [6, 6.07) is 3.55. The molecule has 1 rings (SSSR count). The first-order valence-corrected chi connectivity index (χ1v) is 9.12. The Hall–Kier alpha value is -1.25. The van der Waals surface area contributed by atoms with Gasteiger partial charge in [0.2, 0.25) is 0 Å². The van der Waals surface area contributed by atoms with Crippen molar-refractivity contribution in [2.45, 2.75) is 78.1 Å². The van der Waals surface area contributed by atoms with E-state index >= 15 is 0 Å². The van der Waals surface area contributed by atoms with Crippen molar-refractivity contribution in [2.24, 2.45) is 0 Å². The number of hydrogen-bond donors (Lipinski definition) is 0. The molecule has 0 atom stereocenters. The van der Waals surface area contributed by atoms with E-state index in [0.29, 0.717) is 5.76 Å². The lowest BCUT2D eigenvalue weighted by Gasteiger charge is -2.21. The molecule has 126 valence electrons. The molecule has 0 saturated heterocycles. The van der Waals surface area contributed by atoms with Crippen LogP contribution in [0.3, 0.4) is 0 Å². The van der Waals surface area contributed by atoms with E-state index in [1.54, 1.807) is 18.4 Å². The Kier molecular flexibility index (Phi) is 10.5. The van der Waals surface area contributed by atoms with Gasteiger partial charge in [-0.25, -0.2) is 0 Å². The Morgan fingerprint density at radius 2 is 1.45 bits per heavy atom. The maximum atomic E-state index is 12.5. The Morgan fingerprint density at radius 3 is 1.91 bits per heavy atom. The van der Waals surface area contributed by atoms with Gasteiger partial charge in [0.1, 0.15) is 0 Å². The van der Waals surface area contributed by atoms with E-state index in [1.165, 1.54) is 51.4 Å². The Morgan fingerprint density at radius 1 is 0.909 bits per heavy atom. The smallest absolute Gasteiger partial charge is 0.289 e. The van der Waals surface area contributed by atoms with Crippen LogP contribution >= 0.6 is 0 Å². The van der Waals surface area contributed by atoms with Gasteiger partial charge in [0.05, 0.1) is 6.26 Å². The van der Waals surface area contributed by atoms with Crippen LogP contribution in [-0.2, 0) is 0 Å². The lowest BCUT2D eigenvalue weighted by molar-refractivity contribution is 0.0717. The average molecular weight is 307 g/mol. The highest BCUT2D eigenvalue weighted by atomic mass is 16.3. The first-order valence-electron chi connectivity index (χ1n) is 9.12. The third kappa shape index (κ3) is 7.67. The second-order valence-corrected chi connectivity index (χ2v) is 6.10. The van der Waals surface area contributed by atoms with Crippen LogP contribution in [0.4, 0.5) is 0 Å². The van der Waals surface area contributed by atoms with Gasteiger partial charge in [-0.05, 0) is 25.0 Å². The van der Waals surface area contributed by atoms with E-state index in [-0.39, 0.29) is 5.91 Å². The summed E-state index contributed by atoms with van der Waals surface area (Å²) in [6.07, 6.45) is 13.9. The molecular formula is C19H33NO2. The van der Waals surface area contributed by atoms with E-state index in [0.717, 1.165) is 25.9 Å². The van der Waals surface area contributed by atoms with Crippen LogP contribution < -0.4 is 0 Å². The molecule has 0 saturated carbocycles. The molecule has 0 aliphatic heterocycles. The maximum Gasteiger partial charge on any atom is 0.289 e. The predicted octanol–water partition coefficient (Wildman–Crippen LogP) is 5.66. The van der Waals surface area contributed by atoms with Crippen LogP contribution in [-0.4, -0.2) is 23.9 Å². The van der Waals surface area contributed by atoms with E-state index in [4.69, 9.17) is 4.42 Å². The fraction of sp³-hybridized carbons (Fsp3) is 0.737. The highest BCUT2D eigenvalue weighted by Crippen LogP contribution is 2.11. The Bertz CT molecular complexity index is 359. The summed E-state index contributed by atoms with van der Waals surface area (Å²) in [5, 5.41) is 0. The minimum Gasteiger partial charge on any atom is -0.459 e. The second kappa shape index (κ2) is 12.3. The SMILES string of the molecule is CCCCCCCN(CCCCCCC)C(=O)c1ccco1. The third-order valence-electron chi connectivity index (χ3n) is 4.08. The zero-order valence-corrected chi connectivity index (χ0v) is 14.5. The Balaban J connectivity index is 2.37. The molecule has 1 amide bonds. The molecule has 3 heteroatoms. The molecule has 0 aliphatic rings. The van der Waals surface area contributed by atoms with Crippen molar-refractivity contribution in [1.82, 2.24) is 4.90 Å². The van der Waals surface area contributed by atoms with Gasteiger partial charge in [-0.15, -0.1) is 0 Å². The van der Waals surface area contributed by atoms with Crippen molar-refractivity contribution in [2.75, 3.05) is 13.1 Å². The molecular weight excluding hydrogens is 274 g/mol. The number of carbonyl (C=O) groups is 1.